The Hall–Kier alpha value is -9.51. The van der Waals surface area contributed by atoms with Gasteiger partial charge in [-0.3, -0.25) is 24.0 Å². The molecule has 0 unspecified atom stereocenters. The van der Waals surface area contributed by atoms with Gasteiger partial charge in [0.2, 0.25) is 0 Å². The Kier molecular flexibility index (Phi) is 71.0. The van der Waals surface area contributed by atoms with E-state index in [1.807, 2.05) is 113 Å². The van der Waals surface area contributed by atoms with Gasteiger partial charge in [0.25, 0.3) is 0 Å². The molecule has 0 heterocycles. The molecule has 12 nitrogen and oxygen atoms in total. The smallest absolute Gasteiger partial charge is 0.303 e. The molecule has 0 atom stereocenters. The van der Waals surface area contributed by atoms with Crippen LogP contribution < -0.4 is 4.74 Å². The fourth-order valence-corrected chi connectivity index (χ4v) is 9.82. The van der Waals surface area contributed by atoms with Crippen molar-refractivity contribution in [2.45, 2.75) is 287 Å². The molecule has 0 aliphatic heterocycles. The first kappa shape index (κ1) is 121. The molecule has 0 radical (unpaired) electrons. The van der Waals surface area contributed by atoms with Crippen molar-refractivity contribution in [2.75, 3.05) is 26.9 Å². The van der Waals surface area contributed by atoms with Crippen LogP contribution in [-0.2, 0) is 77.3 Å². The van der Waals surface area contributed by atoms with E-state index < -0.39 is 16.1 Å². The molecule has 0 saturated carbocycles. The van der Waals surface area contributed by atoms with E-state index in [1.54, 1.807) is 7.11 Å². The molecule has 0 N–H and O–H groups in total. The van der Waals surface area contributed by atoms with Gasteiger partial charge < -0.3 is 33.2 Å². The van der Waals surface area contributed by atoms with Gasteiger partial charge >= 0.3 is 29.8 Å². The Morgan fingerprint density at radius 1 is 0.417 bits per heavy atom. The number of methoxy groups -OCH3 is 1. The first-order chi connectivity index (χ1) is 55.6. The number of allylic oxidation sites excluding steroid dienone is 1. The summed E-state index contributed by atoms with van der Waals surface area (Å²) in [5.41, 5.74) is 12.8. The van der Waals surface area contributed by atoms with E-state index in [1.165, 1.54) is 117 Å². The van der Waals surface area contributed by atoms with Crippen LogP contribution in [0.4, 0.5) is 0 Å². The molecule has 1 aliphatic rings. The summed E-state index contributed by atoms with van der Waals surface area (Å²) in [6, 6.07) is 78.0. The third-order valence-corrected chi connectivity index (χ3v) is 22.5. The van der Waals surface area contributed by atoms with E-state index in [0.717, 1.165) is 36.6 Å². The highest BCUT2D eigenvalue weighted by Crippen LogP contribution is 2.45. The Morgan fingerprint density at radius 3 is 0.958 bits per heavy atom. The minimum atomic E-state index is -1.00. The largest absolute Gasteiger partial charge is 0.497 e. The van der Waals surface area contributed by atoms with Crippen molar-refractivity contribution >= 4 is 51.8 Å². The van der Waals surface area contributed by atoms with Crippen LogP contribution in [0.25, 0.3) is 11.1 Å². The molecule has 0 fully saturated rings. The Bertz CT molecular complexity index is 3690. The molecule has 8 aromatic carbocycles. The van der Waals surface area contributed by atoms with E-state index in [2.05, 4.69) is 299 Å². The van der Waals surface area contributed by atoms with Crippen molar-refractivity contribution in [3.05, 3.63) is 294 Å². The van der Waals surface area contributed by atoms with E-state index in [4.69, 9.17) is 23.7 Å². The number of unbranched alkanes of at least 4 members (excludes halogenated alkanes) is 1. The molecule has 0 aromatic heterocycles. The third kappa shape index (κ3) is 68.3. The van der Waals surface area contributed by atoms with Crippen LogP contribution >= 0.6 is 0 Å². The predicted molar refractivity (Wildman–Crippen MR) is 522 cm³/mol. The number of hydrogen-bond acceptors (Lipinski definition) is 12. The highest BCUT2D eigenvalue weighted by Gasteiger charge is 2.32. The number of fused-ring (bicyclic) bond motifs is 3. The number of benzene rings is 8. The highest BCUT2D eigenvalue weighted by molar-refractivity contribution is 6.78. The second-order valence-corrected chi connectivity index (χ2v) is 45.3. The van der Waals surface area contributed by atoms with Gasteiger partial charge in [-0.25, -0.2) is 0 Å². The average molecular weight is 1690 g/mol. The van der Waals surface area contributed by atoms with Gasteiger partial charge in [0.05, 0.1) is 13.7 Å². The summed E-state index contributed by atoms with van der Waals surface area (Å²) in [5.74, 6) is 0.139. The first-order valence-corrected chi connectivity index (χ1v) is 49.3. The van der Waals surface area contributed by atoms with Gasteiger partial charge in [0.1, 0.15) is 37.0 Å². The van der Waals surface area contributed by atoms with Crippen LogP contribution in [0.5, 0.6) is 5.75 Å². The molecular formula is C106H164O12Si2. The highest BCUT2D eigenvalue weighted by atomic mass is 28.3. The van der Waals surface area contributed by atoms with Gasteiger partial charge in [-0.2, -0.15) is 0 Å². The summed E-state index contributed by atoms with van der Waals surface area (Å²) >= 11 is 0. The fourth-order valence-electron chi connectivity index (χ4n) is 9.10. The van der Waals surface area contributed by atoms with Crippen LogP contribution in [0, 0.1) is 5.41 Å². The maximum atomic E-state index is 11.0. The number of hydrogen-bond donors (Lipinski definition) is 0. The molecule has 9 rings (SSSR count). The van der Waals surface area contributed by atoms with E-state index in [-0.39, 0.29) is 60.0 Å². The van der Waals surface area contributed by atoms with E-state index >= 15 is 0 Å². The monoisotopic (exact) mass is 1690 g/mol. The summed E-state index contributed by atoms with van der Waals surface area (Å²) in [6.07, 6.45) is 9.32. The lowest BCUT2D eigenvalue weighted by Gasteiger charge is -2.32. The minimum Gasteiger partial charge on any atom is -0.497 e. The maximum absolute atomic E-state index is 11.0. The summed E-state index contributed by atoms with van der Waals surface area (Å²) in [4.78, 5) is 61.3. The standard InChI is InChI=1S/C20H18.C16H14O2.C9H10O2.C9H12O.C8H10.C7H16O2Si.C7H18Si.C6H12O2.C5H8O2.C5H12.C5H10.C3H6O.C3H8.C2H6.CH4/c1-20(17-11-5-2-6-12-17,18-13-7-3-8-14-18)19-15-9-4-10-16-19;1-11(17)18-10-16-14-8-4-2-6-12(14)13-7-3-5-9-15(13)16;1-8(10)11-7-9-5-3-2-4-6-9;1-3-8-4-6-9(10-2)7-5-8;1-2-8-6-4-3-5-7-8;1-7(8)9-5-6-10(2,3)4;1-7(2,3)8(4,5)6;1-5(7)8-6(2,3)4;1-3-4-7-5(2)6;1-5(2,3)4;1-3-5-4-2;1-3(2)4;1-3-2;1-2;/h2-16H,1H3;2-9,16H,10H2,1H3;2-6H,7H2,1H3;4-7H,3H2,1-2H3;3-7H,2H2,1H3;5-6H2,1-4H3;1-6H3;1-4H3;3H,1,4H2,2H3;1-4H3;3H,1,4-5H2,2H3;1-2H3;3H2,1-2H3;1-2H3;1H4. The number of carbonyl (C=O) groups excluding carboxylic acids is 6. The second kappa shape index (κ2) is 70.2. The zero-order chi connectivity index (χ0) is 92.3. The number of aryl methyl sites for hydroxylation is 2. The van der Waals surface area contributed by atoms with Crippen LogP contribution in [0.1, 0.15) is 250 Å². The lowest BCUT2D eigenvalue weighted by atomic mass is 9.71. The number of carbonyl (C=O) groups is 6. The van der Waals surface area contributed by atoms with Gasteiger partial charge in [-0.05, 0) is 145 Å². The van der Waals surface area contributed by atoms with E-state index in [9.17, 15) is 28.8 Å². The molecule has 0 saturated heterocycles. The fraction of sp³-hybridized carbons (Fsp3) is 0.453. The summed E-state index contributed by atoms with van der Waals surface area (Å²) in [5, 5.41) is 0.576. The van der Waals surface area contributed by atoms with Crippen molar-refractivity contribution in [1.29, 1.82) is 0 Å². The van der Waals surface area contributed by atoms with Crippen molar-refractivity contribution < 1.29 is 57.2 Å². The first-order valence-electron chi connectivity index (χ1n) is 42.1. The average Bonchev–Trinajstić information content (AvgIpc) is 1.65. The van der Waals surface area contributed by atoms with Crippen LogP contribution in [0.2, 0.25) is 50.4 Å². The molecule has 0 amide bonds. The topological polar surface area (TPSA) is 158 Å². The second-order valence-electron chi connectivity index (χ2n) is 33.7. The van der Waals surface area contributed by atoms with Crippen LogP contribution in [0.15, 0.2) is 250 Å². The minimum absolute atomic E-state index is 0. The SMILES string of the molecule is C.C=CCCC.C=CCOC(C)=O.CC.CC(=O)OC(C)(C)C.CC(=O)OCC1c2ccccc2-c2ccccc21.CC(=O)OCC[Si](C)(C)C.CC(=O)OCc1ccccc1.CC(C)(C)C.CC(C)(C)[Si](C)(C)C.CC(C)=O.CC(c1ccccc1)(c1ccccc1)c1ccccc1.CCC.CCc1ccc(OC)cc1.CCc1ccccc1. The summed E-state index contributed by atoms with van der Waals surface area (Å²) < 4.78 is 29.0. The van der Waals surface area contributed by atoms with Crippen molar-refractivity contribution in [3.63, 3.8) is 0 Å². The van der Waals surface area contributed by atoms with Gasteiger partial charge in [-0.1, -0.05) is 388 Å². The summed E-state index contributed by atoms with van der Waals surface area (Å²) in [7, 11) is -0.179. The van der Waals surface area contributed by atoms with E-state index in [0.29, 0.717) is 36.9 Å². The van der Waals surface area contributed by atoms with Gasteiger partial charge in [-0.15, -0.1) is 6.58 Å². The lowest BCUT2D eigenvalue weighted by Crippen LogP contribution is -2.32. The summed E-state index contributed by atoms with van der Waals surface area (Å²) in [6.45, 7) is 71.0. The number of rotatable bonds is 17. The third-order valence-electron chi connectivity index (χ3n) is 16.3. The van der Waals surface area contributed by atoms with Crippen molar-refractivity contribution in [2.24, 2.45) is 5.41 Å². The Balaban J connectivity index is -0.000000302. The number of ether oxygens (including phenoxy) is 6. The lowest BCUT2D eigenvalue weighted by molar-refractivity contribution is -0.152. The van der Waals surface area contributed by atoms with Gasteiger partial charge in [0.15, 0.2) is 0 Å². The molecule has 120 heavy (non-hydrogen) atoms. The van der Waals surface area contributed by atoms with Crippen LogP contribution in [0.3, 0.4) is 0 Å². The number of ketones is 1. The van der Waals surface area contributed by atoms with Gasteiger partial charge in [0, 0.05) is 62.1 Å². The zero-order valence-electron chi connectivity index (χ0n) is 80.0. The van der Waals surface area contributed by atoms with Crippen molar-refractivity contribution in [3.8, 4) is 16.9 Å². The maximum Gasteiger partial charge on any atom is 0.303 e. The molecule has 0 bridgehead atoms. The van der Waals surface area contributed by atoms with Crippen LogP contribution in [-0.4, -0.2) is 84.3 Å². The number of Topliss-reactive ketones (excluding diaryl/α,β-unsaturated/α-hetero) is 1. The zero-order valence-corrected chi connectivity index (χ0v) is 82.0. The molecule has 0 spiro atoms. The normalized spacial score (nSPS) is 10.3. The molecule has 668 valence electrons. The Labute approximate surface area is 734 Å². The molecular weight excluding hydrogens is 1520 g/mol. The quantitative estimate of drug-likeness (QED) is 0.0280. The van der Waals surface area contributed by atoms with Crippen molar-refractivity contribution in [1.82, 2.24) is 0 Å². The molecule has 1 aliphatic carbocycles. The predicted octanol–water partition coefficient (Wildman–Crippen LogP) is 29.5. The molecule has 14 heteroatoms. The molecule has 8 aromatic rings. The Morgan fingerprint density at radius 2 is 0.725 bits per heavy atom. The number of esters is 5.